The van der Waals surface area contributed by atoms with Crippen molar-refractivity contribution in [3.63, 3.8) is 0 Å². The van der Waals surface area contributed by atoms with Gasteiger partial charge in [-0.2, -0.15) is 0 Å². The average molecular weight is 477 g/mol. The fourth-order valence-electron chi connectivity index (χ4n) is 4.77. The molecule has 0 bridgehead atoms. The zero-order valence-corrected chi connectivity index (χ0v) is 20.2. The van der Waals surface area contributed by atoms with Gasteiger partial charge in [0.15, 0.2) is 0 Å². The minimum absolute atomic E-state index is 0.0352. The lowest BCUT2D eigenvalue weighted by Crippen LogP contribution is -2.47. The highest BCUT2D eigenvalue weighted by atomic mass is 32.1. The van der Waals surface area contributed by atoms with Gasteiger partial charge in [0.05, 0.1) is 20.3 Å². The normalized spacial score (nSPS) is 17.1. The molecule has 7 heteroatoms. The number of methoxy groups -OCH3 is 2. The maximum absolute atomic E-state index is 13.8. The first-order valence-electron chi connectivity index (χ1n) is 11.5. The summed E-state index contributed by atoms with van der Waals surface area (Å²) >= 11 is 1.75. The molecule has 1 saturated carbocycles. The van der Waals surface area contributed by atoms with Gasteiger partial charge in [0.2, 0.25) is 5.91 Å². The van der Waals surface area contributed by atoms with Gasteiger partial charge < -0.3 is 19.3 Å². The molecular formula is C27H28N2O4S. The highest BCUT2D eigenvalue weighted by Gasteiger charge is 2.39. The number of ether oxygens (including phenoxy) is 2. The maximum Gasteiger partial charge on any atom is 0.262 e. The maximum atomic E-state index is 13.8. The van der Waals surface area contributed by atoms with E-state index in [1.165, 1.54) is 24.7 Å². The Morgan fingerprint density at radius 1 is 1.00 bits per heavy atom. The van der Waals surface area contributed by atoms with Crippen molar-refractivity contribution < 1.29 is 19.1 Å². The summed E-state index contributed by atoms with van der Waals surface area (Å²) in [6.45, 7) is 0.671. The van der Waals surface area contributed by atoms with Crippen molar-refractivity contribution in [2.24, 2.45) is 0 Å². The molecular weight excluding hydrogens is 448 g/mol. The highest BCUT2D eigenvalue weighted by molar-refractivity contribution is 7.10. The fourth-order valence-corrected chi connectivity index (χ4v) is 5.68. The van der Waals surface area contributed by atoms with Gasteiger partial charge in [0.25, 0.3) is 5.91 Å². The van der Waals surface area contributed by atoms with Crippen molar-refractivity contribution in [1.29, 1.82) is 0 Å². The number of carbonyl (C=O) groups excluding carboxylic acids is 2. The molecule has 0 radical (unpaired) electrons. The van der Waals surface area contributed by atoms with Crippen LogP contribution in [0.4, 0.5) is 0 Å². The zero-order valence-electron chi connectivity index (χ0n) is 19.4. The summed E-state index contributed by atoms with van der Waals surface area (Å²) in [5.74, 6) is 0.630. The second-order valence-electron chi connectivity index (χ2n) is 8.65. The number of nitrogens with zero attached hydrogens (tertiary/aromatic N) is 2. The molecule has 1 aliphatic heterocycles. The SMILES string of the molecule is COc1cccc(OC)c1C(=O)N(CC(=O)N1CCc2sccc2C1c1ccccc1)C1CC1. The molecule has 0 saturated heterocycles. The van der Waals surface area contributed by atoms with E-state index in [4.69, 9.17) is 9.47 Å². The molecule has 176 valence electrons. The number of carbonyl (C=O) groups is 2. The van der Waals surface area contributed by atoms with Crippen LogP contribution in [0.1, 0.15) is 45.2 Å². The van der Waals surface area contributed by atoms with Gasteiger partial charge in [0.1, 0.15) is 23.6 Å². The van der Waals surface area contributed by atoms with Gasteiger partial charge in [-0.25, -0.2) is 0 Å². The Bertz CT molecular complexity index is 1170. The molecule has 0 spiro atoms. The van der Waals surface area contributed by atoms with Crippen LogP contribution in [0, 0.1) is 0 Å². The molecule has 1 aliphatic carbocycles. The Morgan fingerprint density at radius 3 is 2.35 bits per heavy atom. The molecule has 3 aromatic rings. The second-order valence-corrected chi connectivity index (χ2v) is 9.65. The molecule has 2 aromatic carbocycles. The van der Waals surface area contributed by atoms with Crippen molar-refractivity contribution >= 4 is 23.2 Å². The number of benzene rings is 2. The predicted molar refractivity (Wildman–Crippen MR) is 132 cm³/mol. The molecule has 1 fully saturated rings. The van der Waals surface area contributed by atoms with Crippen LogP contribution in [0.5, 0.6) is 11.5 Å². The second kappa shape index (κ2) is 9.50. The zero-order chi connectivity index (χ0) is 23.7. The Labute approximate surface area is 203 Å². The van der Waals surface area contributed by atoms with E-state index in [0.717, 1.165) is 24.8 Å². The summed E-state index contributed by atoms with van der Waals surface area (Å²) in [6, 6.07) is 17.5. The highest BCUT2D eigenvalue weighted by Crippen LogP contribution is 2.39. The third kappa shape index (κ3) is 4.16. The van der Waals surface area contributed by atoms with E-state index in [1.54, 1.807) is 34.4 Å². The van der Waals surface area contributed by atoms with Crippen LogP contribution in [0.3, 0.4) is 0 Å². The topological polar surface area (TPSA) is 59.1 Å². The number of hydrogen-bond acceptors (Lipinski definition) is 5. The minimum atomic E-state index is -0.227. The van der Waals surface area contributed by atoms with Crippen LogP contribution in [0.15, 0.2) is 60.0 Å². The molecule has 0 N–H and O–H groups in total. The first-order valence-corrected chi connectivity index (χ1v) is 12.4. The van der Waals surface area contributed by atoms with Gasteiger partial charge in [-0.3, -0.25) is 9.59 Å². The van der Waals surface area contributed by atoms with Crippen molar-refractivity contribution in [3.05, 3.63) is 81.5 Å². The van der Waals surface area contributed by atoms with E-state index in [2.05, 4.69) is 23.6 Å². The first-order chi connectivity index (χ1) is 16.6. The molecule has 6 nitrogen and oxygen atoms in total. The molecule has 5 rings (SSSR count). The van der Waals surface area contributed by atoms with Gasteiger partial charge in [-0.1, -0.05) is 36.4 Å². The molecule has 1 aromatic heterocycles. The van der Waals surface area contributed by atoms with Crippen LogP contribution < -0.4 is 9.47 Å². The largest absolute Gasteiger partial charge is 0.496 e. The van der Waals surface area contributed by atoms with Crippen molar-refractivity contribution in [2.45, 2.75) is 31.3 Å². The number of hydrogen-bond donors (Lipinski definition) is 0. The average Bonchev–Trinajstić information content (AvgIpc) is 3.61. The van der Waals surface area contributed by atoms with Gasteiger partial charge in [-0.15, -0.1) is 11.3 Å². The quantitative estimate of drug-likeness (QED) is 0.502. The van der Waals surface area contributed by atoms with Crippen LogP contribution in [0.2, 0.25) is 0 Å². The summed E-state index contributed by atoms with van der Waals surface area (Å²) in [6.07, 6.45) is 2.63. The van der Waals surface area contributed by atoms with Gasteiger partial charge in [-0.05, 0) is 54.0 Å². The summed E-state index contributed by atoms with van der Waals surface area (Å²) in [5, 5.41) is 2.10. The summed E-state index contributed by atoms with van der Waals surface area (Å²) in [5.41, 5.74) is 2.64. The van der Waals surface area contributed by atoms with Crippen LogP contribution in [-0.4, -0.2) is 55.0 Å². The molecule has 1 unspecified atom stereocenters. The van der Waals surface area contributed by atoms with Gasteiger partial charge >= 0.3 is 0 Å². The van der Waals surface area contributed by atoms with Crippen LogP contribution in [0.25, 0.3) is 0 Å². The third-order valence-electron chi connectivity index (χ3n) is 6.60. The number of fused-ring (bicyclic) bond motifs is 1. The molecule has 2 amide bonds. The molecule has 34 heavy (non-hydrogen) atoms. The lowest BCUT2D eigenvalue weighted by molar-refractivity contribution is -0.134. The van der Waals surface area contributed by atoms with E-state index in [-0.39, 0.29) is 30.4 Å². The fraction of sp³-hybridized carbons (Fsp3) is 0.333. The Balaban J connectivity index is 1.45. The standard InChI is InChI=1S/C27H28N2O4S/c1-32-21-9-6-10-22(33-2)25(21)27(31)29(19-11-12-19)17-24(30)28-15-13-23-20(14-16-34-23)26(28)18-7-4-3-5-8-18/h3-10,14,16,19,26H,11-13,15,17H2,1-2H3. The van der Waals surface area contributed by atoms with E-state index < -0.39 is 0 Å². The number of rotatable bonds is 7. The van der Waals surface area contributed by atoms with Crippen LogP contribution >= 0.6 is 11.3 Å². The van der Waals surface area contributed by atoms with E-state index in [0.29, 0.717) is 23.6 Å². The first kappa shape index (κ1) is 22.5. The van der Waals surface area contributed by atoms with Crippen molar-refractivity contribution in [3.8, 4) is 11.5 Å². The summed E-state index contributed by atoms with van der Waals surface area (Å²) in [7, 11) is 3.07. The lowest BCUT2D eigenvalue weighted by atomic mass is 9.93. The Kier molecular flexibility index (Phi) is 6.28. The molecule has 2 heterocycles. The monoisotopic (exact) mass is 476 g/mol. The van der Waals surface area contributed by atoms with Crippen LogP contribution in [-0.2, 0) is 11.2 Å². The minimum Gasteiger partial charge on any atom is -0.496 e. The Morgan fingerprint density at radius 2 is 1.71 bits per heavy atom. The predicted octanol–water partition coefficient (Wildman–Crippen LogP) is 4.54. The number of thiophene rings is 1. The van der Waals surface area contributed by atoms with Crippen molar-refractivity contribution in [1.82, 2.24) is 9.80 Å². The molecule has 2 aliphatic rings. The summed E-state index contributed by atoms with van der Waals surface area (Å²) < 4.78 is 10.9. The van der Waals surface area contributed by atoms with E-state index >= 15 is 0 Å². The van der Waals surface area contributed by atoms with E-state index in [9.17, 15) is 9.59 Å². The third-order valence-corrected chi connectivity index (χ3v) is 7.59. The smallest absolute Gasteiger partial charge is 0.262 e. The molecule has 1 atom stereocenters. The van der Waals surface area contributed by atoms with Gasteiger partial charge in [0, 0.05) is 17.5 Å². The summed E-state index contributed by atoms with van der Waals surface area (Å²) in [4.78, 5) is 32.4. The Hall–Kier alpha value is -3.32. The van der Waals surface area contributed by atoms with Crippen molar-refractivity contribution in [2.75, 3.05) is 27.3 Å². The van der Waals surface area contributed by atoms with E-state index in [1.807, 2.05) is 23.1 Å². The lowest BCUT2D eigenvalue weighted by Gasteiger charge is -2.37. The number of amides is 2.